The highest BCUT2D eigenvalue weighted by Gasteiger charge is 2.34. The molecule has 7 nitrogen and oxygen atoms in total. The maximum absolute atomic E-state index is 13.3. The van der Waals surface area contributed by atoms with Crippen LogP contribution in [0.25, 0.3) is 6.08 Å². The highest BCUT2D eigenvalue weighted by Crippen LogP contribution is 2.29. The molecule has 1 aliphatic rings. The molecule has 0 radical (unpaired) electrons. The second-order valence-electron chi connectivity index (χ2n) is 7.51. The number of amides is 1. The van der Waals surface area contributed by atoms with Gasteiger partial charge in [0.05, 0.1) is 16.5 Å². The number of hydrogen-bond acceptors (Lipinski definition) is 5. The van der Waals surface area contributed by atoms with E-state index in [1.165, 1.54) is 24.3 Å². The van der Waals surface area contributed by atoms with Crippen molar-refractivity contribution in [3.05, 3.63) is 101 Å². The molecule has 2 N–H and O–H groups in total. The molecule has 8 heteroatoms. The minimum Gasteiger partial charge on any atom is -0.333 e. The van der Waals surface area contributed by atoms with Gasteiger partial charge in [-0.25, -0.2) is 13.6 Å². The van der Waals surface area contributed by atoms with Crippen LogP contribution in [0.2, 0.25) is 0 Å². The van der Waals surface area contributed by atoms with Crippen molar-refractivity contribution < 1.29 is 18.0 Å². The first-order chi connectivity index (χ1) is 15.3. The van der Waals surface area contributed by atoms with Crippen molar-refractivity contribution in [1.29, 1.82) is 0 Å². The van der Waals surface area contributed by atoms with Gasteiger partial charge in [0.15, 0.2) is 5.78 Å². The molecule has 1 amide bonds. The van der Waals surface area contributed by atoms with E-state index in [2.05, 4.69) is 4.98 Å². The van der Waals surface area contributed by atoms with Crippen molar-refractivity contribution in [2.24, 2.45) is 5.14 Å². The molecule has 1 aromatic heterocycles. The van der Waals surface area contributed by atoms with Crippen LogP contribution in [0.4, 0.5) is 0 Å². The number of carbonyl (C=O) groups is 2. The summed E-state index contributed by atoms with van der Waals surface area (Å²) in [5, 5.41) is 5.14. The summed E-state index contributed by atoms with van der Waals surface area (Å²) in [6, 6.07) is 20.2. The normalized spacial score (nSPS) is 18.0. The second-order valence-corrected chi connectivity index (χ2v) is 9.07. The maximum Gasteiger partial charge on any atom is 0.254 e. The molecule has 2 heterocycles. The SMILES string of the molecule is NS(=O)(=O)c1ccc(C(=O)N2CC(=Cc3ccccn3)C(=O)C(c3ccccc3)C2)cc1. The Labute approximate surface area is 186 Å². The summed E-state index contributed by atoms with van der Waals surface area (Å²) in [5.41, 5.74) is 2.26. The van der Waals surface area contributed by atoms with Gasteiger partial charge in [0.2, 0.25) is 10.0 Å². The van der Waals surface area contributed by atoms with E-state index in [1.807, 2.05) is 36.4 Å². The highest BCUT2D eigenvalue weighted by atomic mass is 32.2. The van der Waals surface area contributed by atoms with Gasteiger partial charge in [0.25, 0.3) is 5.91 Å². The number of likely N-dealkylation sites (tertiary alicyclic amines) is 1. The van der Waals surface area contributed by atoms with Crippen LogP contribution in [0, 0.1) is 0 Å². The number of aromatic nitrogens is 1. The highest BCUT2D eigenvalue weighted by molar-refractivity contribution is 7.89. The number of pyridine rings is 1. The lowest BCUT2D eigenvalue weighted by Crippen LogP contribution is -2.44. The summed E-state index contributed by atoms with van der Waals surface area (Å²) < 4.78 is 23.0. The van der Waals surface area contributed by atoms with Crippen LogP contribution in [0.3, 0.4) is 0 Å². The van der Waals surface area contributed by atoms with Crippen molar-refractivity contribution in [1.82, 2.24) is 9.88 Å². The Balaban J connectivity index is 1.69. The predicted octanol–water partition coefficient (Wildman–Crippen LogP) is 2.62. The number of rotatable bonds is 4. The third-order valence-corrected chi connectivity index (χ3v) is 6.26. The summed E-state index contributed by atoms with van der Waals surface area (Å²) in [6.07, 6.45) is 3.35. The Kier molecular flexibility index (Phi) is 5.98. The topological polar surface area (TPSA) is 110 Å². The number of nitrogens with two attached hydrogens (primary N) is 1. The standard InChI is InChI=1S/C24H21N3O4S/c25-32(30,31)21-11-9-18(10-12-21)24(29)27-15-19(14-20-8-4-5-13-26-20)23(28)22(16-27)17-6-2-1-3-7-17/h1-14,22H,15-16H2,(H2,25,30,31). The first kappa shape index (κ1) is 21.6. The number of Topliss-reactive ketones (excluding diaryl/α,β-unsaturated/α-hetero) is 1. The molecular weight excluding hydrogens is 426 g/mol. The number of nitrogens with zero attached hydrogens (tertiary/aromatic N) is 2. The van der Waals surface area contributed by atoms with Crippen LogP contribution in [-0.4, -0.2) is 43.1 Å². The van der Waals surface area contributed by atoms with E-state index in [0.29, 0.717) is 16.8 Å². The van der Waals surface area contributed by atoms with E-state index in [1.54, 1.807) is 29.3 Å². The number of benzene rings is 2. The lowest BCUT2D eigenvalue weighted by Gasteiger charge is -2.34. The fourth-order valence-electron chi connectivity index (χ4n) is 3.70. The molecule has 162 valence electrons. The molecule has 0 saturated carbocycles. The number of primary sulfonamides is 1. The Morgan fingerprint density at radius 1 is 1.00 bits per heavy atom. The average Bonchev–Trinajstić information content (AvgIpc) is 2.81. The van der Waals surface area contributed by atoms with Crippen LogP contribution in [-0.2, 0) is 14.8 Å². The zero-order valence-electron chi connectivity index (χ0n) is 17.1. The predicted molar refractivity (Wildman–Crippen MR) is 120 cm³/mol. The molecule has 1 fully saturated rings. The van der Waals surface area contributed by atoms with Crippen LogP contribution < -0.4 is 5.14 Å². The summed E-state index contributed by atoms with van der Waals surface area (Å²) in [4.78, 5) is 32.3. The van der Waals surface area contributed by atoms with E-state index in [0.717, 1.165) is 5.56 Å². The molecular formula is C24H21N3O4S. The Hall–Kier alpha value is -3.62. The summed E-state index contributed by atoms with van der Waals surface area (Å²) in [7, 11) is -3.85. The minimum absolute atomic E-state index is 0.0459. The molecule has 3 aromatic rings. The van der Waals surface area contributed by atoms with Crippen molar-refractivity contribution in [2.45, 2.75) is 10.8 Å². The summed E-state index contributed by atoms with van der Waals surface area (Å²) in [5.74, 6) is -0.852. The van der Waals surface area contributed by atoms with Gasteiger partial charge in [-0.05, 0) is 48.0 Å². The third kappa shape index (κ3) is 4.66. The van der Waals surface area contributed by atoms with Gasteiger partial charge in [0, 0.05) is 30.4 Å². The molecule has 1 saturated heterocycles. The maximum atomic E-state index is 13.3. The largest absolute Gasteiger partial charge is 0.333 e. The Morgan fingerprint density at radius 3 is 2.31 bits per heavy atom. The van der Waals surface area contributed by atoms with Gasteiger partial charge in [-0.1, -0.05) is 36.4 Å². The van der Waals surface area contributed by atoms with Gasteiger partial charge in [-0.3, -0.25) is 14.6 Å². The van der Waals surface area contributed by atoms with Gasteiger partial charge in [-0.2, -0.15) is 0 Å². The van der Waals surface area contributed by atoms with Crippen LogP contribution in [0.5, 0.6) is 0 Å². The molecule has 0 spiro atoms. The van der Waals surface area contributed by atoms with Gasteiger partial charge < -0.3 is 4.90 Å². The monoisotopic (exact) mass is 447 g/mol. The van der Waals surface area contributed by atoms with Crippen molar-refractivity contribution >= 4 is 27.8 Å². The van der Waals surface area contributed by atoms with Gasteiger partial charge in [0.1, 0.15) is 0 Å². The molecule has 1 aliphatic heterocycles. The fourth-order valence-corrected chi connectivity index (χ4v) is 4.21. The van der Waals surface area contributed by atoms with Gasteiger partial charge >= 0.3 is 0 Å². The minimum atomic E-state index is -3.85. The summed E-state index contributed by atoms with van der Waals surface area (Å²) >= 11 is 0. The number of hydrogen-bond donors (Lipinski definition) is 1. The smallest absolute Gasteiger partial charge is 0.254 e. The quantitative estimate of drug-likeness (QED) is 0.618. The van der Waals surface area contributed by atoms with Crippen molar-refractivity contribution in [3.8, 4) is 0 Å². The van der Waals surface area contributed by atoms with Crippen molar-refractivity contribution in [3.63, 3.8) is 0 Å². The molecule has 32 heavy (non-hydrogen) atoms. The van der Waals surface area contributed by atoms with E-state index >= 15 is 0 Å². The van der Waals surface area contributed by atoms with E-state index in [-0.39, 0.29) is 29.7 Å². The number of piperidine rings is 1. The number of sulfonamides is 1. The number of carbonyl (C=O) groups excluding carboxylic acids is 2. The first-order valence-corrected chi connectivity index (χ1v) is 11.5. The first-order valence-electron chi connectivity index (χ1n) is 9.96. The zero-order chi connectivity index (χ0) is 22.7. The molecule has 4 rings (SSSR count). The lowest BCUT2D eigenvalue weighted by molar-refractivity contribution is -0.118. The Bertz CT molecular complexity index is 1270. The summed E-state index contributed by atoms with van der Waals surface area (Å²) in [6.45, 7) is 0.354. The zero-order valence-corrected chi connectivity index (χ0v) is 17.9. The van der Waals surface area contributed by atoms with Crippen LogP contribution in [0.1, 0.15) is 27.5 Å². The average molecular weight is 448 g/mol. The second kappa shape index (κ2) is 8.86. The van der Waals surface area contributed by atoms with E-state index in [4.69, 9.17) is 5.14 Å². The van der Waals surface area contributed by atoms with Gasteiger partial charge in [-0.15, -0.1) is 0 Å². The molecule has 0 aliphatic carbocycles. The van der Waals surface area contributed by atoms with Crippen LogP contribution >= 0.6 is 0 Å². The molecule has 0 bridgehead atoms. The molecule has 2 aromatic carbocycles. The van der Waals surface area contributed by atoms with E-state index < -0.39 is 15.9 Å². The lowest BCUT2D eigenvalue weighted by atomic mass is 9.85. The third-order valence-electron chi connectivity index (χ3n) is 5.33. The van der Waals surface area contributed by atoms with Crippen LogP contribution in [0.15, 0.2) is 89.5 Å². The Morgan fingerprint density at radius 2 is 1.69 bits per heavy atom. The van der Waals surface area contributed by atoms with E-state index in [9.17, 15) is 18.0 Å². The number of ketones is 1. The molecule has 1 atom stereocenters. The molecule has 1 unspecified atom stereocenters. The fraction of sp³-hybridized carbons (Fsp3) is 0.125. The van der Waals surface area contributed by atoms with Crippen molar-refractivity contribution in [2.75, 3.05) is 13.1 Å².